The first-order valence-corrected chi connectivity index (χ1v) is 9.90. The van der Waals surface area contributed by atoms with Crippen molar-refractivity contribution < 1.29 is 0 Å². The van der Waals surface area contributed by atoms with Crippen LogP contribution in [0.5, 0.6) is 0 Å². The molecular weight excluding hydrogens is 276 g/mol. The lowest BCUT2D eigenvalue weighted by Crippen LogP contribution is -2.45. The molecule has 21 heavy (non-hydrogen) atoms. The minimum atomic E-state index is 0.441. The molecule has 5 aliphatic carbocycles. The summed E-state index contributed by atoms with van der Waals surface area (Å²) in [5, 5.41) is 0.441. The molecule has 0 aromatic heterocycles. The van der Waals surface area contributed by atoms with Crippen molar-refractivity contribution in [1.29, 1.82) is 0 Å². The van der Waals surface area contributed by atoms with Gasteiger partial charge < -0.3 is 0 Å². The van der Waals surface area contributed by atoms with E-state index in [1.54, 1.807) is 5.57 Å². The molecule has 1 spiro atoms. The Labute approximate surface area is 134 Å². The van der Waals surface area contributed by atoms with Crippen molar-refractivity contribution in [3.63, 3.8) is 0 Å². The Morgan fingerprint density at radius 2 is 2.05 bits per heavy atom. The average Bonchev–Trinajstić information content (AvgIpc) is 2.99. The predicted octanol–water partition coefficient (Wildman–Crippen LogP) is 5.80. The summed E-state index contributed by atoms with van der Waals surface area (Å²) in [7, 11) is 0. The lowest BCUT2D eigenvalue weighted by Gasteiger charge is -2.52. The molecule has 0 saturated heterocycles. The number of allylic oxidation sites excluding steroid dienone is 2. The highest BCUT2D eigenvalue weighted by Gasteiger charge is 2.75. The molecule has 116 valence electrons. The molecule has 1 heteroatoms. The molecule has 0 heterocycles. The molecule has 8 unspecified atom stereocenters. The maximum Gasteiger partial charge on any atom is 0.0376 e. The van der Waals surface area contributed by atoms with E-state index >= 15 is 0 Å². The summed E-state index contributed by atoms with van der Waals surface area (Å²) >= 11 is 6.58. The Morgan fingerprint density at radius 3 is 2.86 bits per heavy atom. The minimum absolute atomic E-state index is 0.441. The summed E-state index contributed by atoms with van der Waals surface area (Å²) < 4.78 is 0. The fourth-order valence-electron chi connectivity index (χ4n) is 8.16. The molecule has 0 nitrogen and oxygen atoms in total. The first-order chi connectivity index (χ1) is 10.1. The Morgan fingerprint density at radius 1 is 1.19 bits per heavy atom. The third kappa shape index (κ3) is 1.41. The molecule has 0 bridgehead atoms. The van der Waals surface area contributed by atoms with Gasteiger partial charge in [-0.25, -0.2) is 0 Å². The monoisotopic (exact) mass is 304 g/mol. The zero-order chi connectivity index (χ0) is 14.4. The van der Waals surface area contributed by atoms with Crippen molar-refractivity contribution >= 4 is 11.6 Å². The van der Waals surface area contributed by atoms with Crippen molar-refractivity contribution in [2.24, 2.45) is 40.4 Å². The van der Waals surface area contributed by atoms with Crippen LogP contribution < -0.4 is 0 Å². The topological polar surface area (TPSA) is 0 Å². The first-order valence-electron chi connectivity index (χ1n) is 9.46. The predicted molar refractivity (Wildman–Crippen MR) is 88.3 cm³/mol. The number of rotatable bonds is 1. The molecule has 4 saturated carbocycles. The summed E-state index contributed by atoms with van der Waals surface area (Å²) in [6, 6.07) is 0. The van der Waals surface area contributed by atoms with Crippen LogP contribution in [0.3, 0.4) is 0 Å². The lowest BCUT2D eigenvalue weighted by molar-refractivity contribution is -0.0232. The van der Waals surface area contributed by atoms with E-state index in [0.29, 0.717) is 10.8 Å². The van der Waals surface area contributed by atoms with Crippen LogP contribution in [0.2, 0.25) is 0 Å². The second-order valence-electron chi connectivity index (χ2n) is 9.03. The molecular formula is C20H29Cl. The van der Waals surface area contributed by atoms with Crippen LogP contribution in [0.1, 0.15) is 65.2 Å². The molecule has 0 aromatic rings. The average molecular weight is 305 g/mol. The van der Waals surface area contributed by atoms with Gasteiger partial charge in [-0.05, 0) is 91.8 Å². The van der Waals surface area contributed by atoms with Gasteiger partial charge in [0.25, 0.3) is 0 Å². The van der Waals surface area contributed by atoms with E-state index in [4.69, 9.17) is 11.6 Å². The highest BCUT2D eigenvalue weighted by molar-refractivity contribution is 6.20. The quantitative estimate of drug-likeness (QED) is 0.424. The van der Waals surface area contributed by atoms with Crippen LogP contribution in [0.4, 0.5) is 0 Å². The molecule has 0 radical (unpaired) electrons. The fraction of sp³-hybridized carbons (Fsp3) is 0.900. The standard InChI is InChI=1S/C20H29Cl/c1-3-19-8-9-20-16(15(19)6-4-12(19)2)7-5-13-10-14(21)11-17(20)18(13)20/h5,12,14-18H,3-4,6-11H2,1-2H3. The highest BCUT2D eigenvalue weighted by atomic mass is 35.5. The van der Waals surface area contributed by atoms with E-state index < -0.39 is 0 Å². The fourth-order valence-corrected chi connectivity index (χ4v) is 8.53. The van der Waals surface area contributed by atoms with Crippen LogP contribution >= 0.6 is 11.6 Å². The summed E-state index contributed by atoms with van der Waals surface area (Å²) in [6.45, 7) is 5.03. The second-order valence-corrected chi connectivity index (χ2v) is 9.64. The van der Waals surface area contributed by atoms with E-state index in [2.05, 4.69) is 19.9 Å². The zero-order valence-corrected chi connectivity index (χ0v) is 14.3. The number of fused-ring (bicyclic) bond motifs is 2. The summed E-state index contributed by atoms with van der Waals surface area (Å²) in [4.78, 5) is 0. The van der Waals surface area contributed by atoms with Gasteiger partial charge in [-0.2, -0.15) is 0 Å². The van der Waals surface area contributed by atoms with Gasteiger partial charge in [-0.15, -0.1) is 11.6 Å². The van der Waals surface area contributed by atoms with Crippen molar-refractivity contribution in [3.8, 4) is 0 Å². The zero-order valence-electron chi connectivity index (χ0n) is 13.6. The van der Waals surface area contributed by atoms with Gasteiger partial charge in [0.1, 0.15) is 0 Å². The van der Waals surface area contributed by atoms with Crippen LogP contribution in [-0.2, 0) is 0 Å². The summed E-state index contributed by atoms with van der Waals surface area (Å²) in [5.41, 5.74) is 3.20. The van der Waals surface area contributed by atoms with Crippen molar-refractivity contribution in [2.75, 3.05) is 0 Å². The SMILES string of the molecule is CCC12CCC34C(CC=C5CC(Cl)CC3C54)C1CCC2C. The van der Waals surface area contributed by atoms with Crippen LogP contribution in [0.25, 0.3) is 0 Å². The van der Waals surface area contributed by atoms with Gasteiger partial charge in [0.05, 0.1) is 0 Å². The number of halogens is 1. The Hall–Kier alpha value is 0.0300. The lowest BCUT2D eigenvalue weighted by atomic mass is 9.52. The smallest absolute Gasteiger partial charge is 0.0376 e. The number of hydrogen-bond donors (Lipinski definition) is 0. The van der Waals surface area contributed by atoms with Gasteiger partial charge in [-0.1, -0.05) is 25.5 Å². The van der Waals surface area contributed by atoms with E-state index in [1.807, 2.05) is 0 Å². The van der Waals surface area contributed by atoms with E-state index in [1.165, 1.54) is 51.4 Å². The molecule has 4 fully saturated rings. The van der Waals surface area contributed by atoms with Crippen molar-refractivity contribution in [3.05, 3.63) is 11.6 Å². The van der Waals surface area contributed by atoms with Crippen molar-refractivity contribution in [1.82, 2.24) is 0 Å². The Balaban J connectivity index is 1.55. The third-order valence-corrected chi connectivity index (χ3v) is 9.38. The Kier molecular flexibility index (Phi) is 2.63. The first kappa shape index (κ1) is 13.5. The highest BCUT2D eigenvalue weighted by Crippen LogP contribution is 2.81. The van der Waals surface area contributed by atoms with Gasteiger partial charge >= 0.3 is 0 Å². The molecule has 0 aromatic carbocycles. The van der Waals surface area contributed by atoms with Gasteiger partial charge in [-0.3, -0.25) is 0 Å². The van der Waals surface area contributed by atoms with Crippen LogP contribution in [-0.4, -0.2) is 5.38 Å². The van der Waals surface area contributed by atoms with Gasteiger partial charge in [0, 0.05) is 5.38 Å². The van der Waals surface area contributed by atoms with Gasteiger partial charge in [0.2, 0.25) is 0 Å². The molecule has 0 aliphatic heterocycles. The molecule has 0 N–H and O–H groups in total. The Bertz CT molecular complexity index is 508. The van der Waals surface area contributed by atoms with Crippen molar-refractivity contribution in [2.45, 2.75) is 70.6 Å². The molecule has 8 atom stereocenters. The summed E-state index contributed by atoms with van der Waals surface area (Å²) in [5.74, 6) is 4.95. The van der Waals surface area contributed by atoms with E-state index in [9.17, 15) is 0 Å². The molecule has 5 rings (SSSR count). The third-order valence-electron chi connectivity index (χ3n) is 9.05. The number of hydrogen-bond acceptors (Lipinski definition) is 0. The minimum Gasteiger partial charge on any atom is -0.123 e. The maximum atomic E-state index is 6.58. The largest absolute Gasteiger partial charge is 0.123 e. The van der Waals surface area contributed by atoms with E-state index in [0.717, 1.165) is 35.0 Å². The van der Waals surface area contributed by atoms with Crippen LogP contribution in [0, 0.1) is 40.4 Å². The van der Waals surface area contributed by atoms with E-state index in [-0.39, 0.29) is 0 Å². The van der Waals surface area contributed by atoms with Crippen LogP contribution in [0.15, 0.2) is 11.6 Å². The molecule has 5 aliphatic rings. The molecule has 0 amide bonds. The second kappa shape index (κ2) is 4.11. The maximum absolute atomic E-state index is 6.58. The summed E-state index contributed by atoms with van der Waals surface area (Å²) in [6.07, 6.45) is 14.1. The number of alkyl halides is 1. The van der Waals surface area contributed by atoms with Gasteiger partial charge in [0.15, 0.2) is 0 Å². The normalized spacial score (nSPS) is 60.6.